The predicted octanol–water partition coefficient (Wildman–Crippen LogP) is 1.80. The number of alkyl halides is 2. The minimum Gasteiger partial charge on any atom is -0.334 e. The van der Waals surface area contributed by atoms with E-state index < -0.39 is 23.7 Å². The van der Waals surface area contributed by atoms with Gasteiger partial charge in [0.1, 0.15) is 5.82 Å². The molecule has 2 amide bonds. The molecule has 0 unspecified atom stereocenters. The number of likely N-dealkylation sites (tertiary alicyclic amines) is 1. The third-order valence-corrected chi connectivity index (χ3v) is 4.51. The van der Waals surface area contributed by atoms with Crippen molar-refractivity contribution in [1.82, 2.24) is 24.6 Å². The zero-order valence-corrected chi connectivity index (χ0v) is 15.0. The Kier molecular flexibility index (Phi) is 5.15. The molecule has 1 aliphatic heterocycles. The van der Waals surface area contributed by atoms with Gasteiger partial charge in [0, 0.05) is 37.5 Å². The molecule has 0 aromatic carbocycles. The summed E-state index contributed by atoms with van der Waals surface area (Å²) in [5.41, 5.74) is 0.608. The maximum Gasteiger partial charge on any atom is 0.315 e. The molecule has 8 nitrogen and oxygen atoms in total. The van der Waals surface area contributed by atoms with Crippen LogP contribution in [-0.2, 0) is 9.59 Å². The fourth-order valence-corrected chi connectivity index (χ4v) is 3.04. The predicted molar refractivity (Wildman–Crippen MR) is 92.4 cm³/mol. The minimum absolute atomic E-state index is 0.125. The standard InChI is InChI=1S/C17H20F2N6O2/c1-11-10-13(25(23-11)16-20-6-3-7-21-16)22-14(26)15(27)24-8-4-12(5-9-24)17(2,18)19/h3,6-7,10,12H,4-5,8-9H2,1-2H3,(H,22,26). The second kappa shape index (κ2) is 7.37. The Morgan fingerprint density at radius 2 is 1.85 bits per heavy atom. The van der Waals surface area contributed by atoms with Crippen LogP contribution in [0.25, 0.3) is 5.95 Å². The van der Waals surface area contributed by atoms with Crippen molar-refractivity contribution in [2.24, 2.45) is 5.92 Å². The molecule has 0 saturated carbocycles. The summed E-state index contributed by atoms with van der Waals surface area (Å²) in [4.78, 5) is 34.2. The molecular weight excluding hydrogens is 358 g/mol. The van der Waals surface area contributed by atoms with Crippen LogP contribution in [-0.4, -0.2) is 55.5 Å². The molecule has 0 atom stereocenters. The average molecular weight is 378 g/mol. The number of piperidine rings is 1. The quantitative estimate of drug-likeness (QED) is 0.822. The summed E-state index contributed by atoms with van der Waals surface area (Å²) in [6.07, 6.45) is 3.39. The Bertz CT molecular complexity index is 826. The second-order valence-corrected chi connectivity index (χ2v) is 6.61. The van der Waals surface area contributed by atoms with Gasteiger partial charge in [-0.15, -0.1) is 0 Å². The fourth-order valence-electron chi connectivity index (χ4n) is 3.04. The van der Waals surface area contributed by atoms with E-state index in [1.807, 2.05) is 0 Å². The molecule has 0 bridgehead atoms. The number of rotatable bonds is 3. The van der Waals surface area contributed by atoms with Crippen LogP contribution in [0.4, 0.5) is 14.6 Å². The van der Waals surface area contributed by atoms with E-state index in [1.165, 1.54) is 22.0 Å². The molecule has 1 saturated heterocycles. The number of hydrogen-bond acceptors (Lipinski definition) is 5. The third-order valence-electron chi connectivity index (χ3n) is 4.51. The first-order chi connectivity index (χ1) is 12.8. The third kappa shape index (κ3) is 4.26. The maximum atomic E-state index is 13.4. The molecule has 1 N–H and O–H groups in total. The van der Waals surface area contributed by atoms with Crippen LogP contribution in [0, 0.1) is 12.8 Å². The number of carbonyl (C=O) groups is 2. The van der Waals surface area contributed by atoms with Crippen molar-refractivity contribution in [2.45, 2.75) is 32.6 Å². The van der Waals surface area contributed by atoms with E-state index in [0.29, 0.717) is 5.69 Å². The molecule has 0 spiro atoms. The van der Waals surface area contributed by atoms with Gasteiger partial charge in [0.25, 0.3) is 5.95 Å². The second-order valence-electron chi connectivity index (χ2n) is 6.61. The zero-order chi connectivity index (χ0) is 19.6. The van der Waals surface area contributed by atoms with Crippen molar-refractivity contribution in [1.29, 1.82) is 0 Å². The van der Waals surface area contributed by atoms with E-state index in [0.717, 1.165) is 6.92 Å². The van der Waals surface area contributed by atoms with Crippen molar-refractivity contribution in [3.8, 4) is 5.95 Å². The molecule has 3 rings (SSSR count). The van der Waals surface area contributed by atoms with E-state index in [1.54, 1.807) is 19.1 Å². The van der Waals surface area contributed by atoms with Crippen molar-refractivity contribution in [3.05, 3.63) is 30.2 Å². The number of hydrogen-bond donors (Lipinski definition) is 1. The highest BCUT2D eigenvalue weighted by atomic mass is 19.3. The van der Waals surface area contributed by atoms with Gasteiger partial charge < -0.3 is 10.2 Å². The van der Waals surface area contributed by atoms with Crippen LogP contribution in [0.1, 0.15) is 25.5 Å². The van der Waals surface area contributed by atoms with Gasteiger partial charge in [-0.05, 0) is 32.8 Å². The first-order valence-electron chi connectivity index (χ1n) is 8.58. The smallest absolute Gasteiger partial charge is 0.315 e. The van der Waals surface area contributed by atoms with Gasteiger partial charge in [-0.2, -0.15) is 9.78 Å². The molecule has 1 aliphatic rings. The van der Waals surface area contributed by atoms with Gasteiger partial charge in [0.05, 0.1) is 5.69 Å². The number of nitrogens with zero attached hydrogens (tertiary/aromatic N) is 5. The number of halogens is 2. The van der Waals surface area contributed by atoms with E-state index in [4.69, 9.17) is 0 Å². The number of anilines is 1. The van der Waals surface area contributed by atoms with E-state index in [2.05, 4.69) is 20.4 Å². The summed E-state index contributed by atoms with van der Waals surface area (Å²) >= 11 is 0. The highest BCUT2D eigenvalue weighted by Gasteiger charge is 2.38. The Balaban J connectivity index is 1.67. The normalized spacial score (nSPS) is 15.6. The lowest BCUT2D eigenvalue weighted by molar-refractivity contribution is -0.145. The van der Waals surface area contributed by atoms with Crippen molar-refractivity contribution in [2.75, 3.05) is 18.4 Å². The first-order valence-corrected chi connectivity index (χ1v) is 8.58. The van der Waals surface area contributed by atoms with Crippen molar-refractivity contribution >= 4 is 17.6 Å². The molecule has 1 fully saturated rings. The van der Waals surface area contributed by atoms with Crippen molar-refractivity contribution < 1.29 is 18.4 Å². The number of carbonyl (C=O) groups excluding carboxylic acids is 2. The minimum atomic E-state index is -2.78. The van der Waals surface area contributed by atoms with Gasteiger partial charge in [-0.1, -0.05) is 0 Å². The molecule has 2 aromatic heterocycles. The number of amides is 2. The van der Waals surface area contributed by atoms with Gasteiger partial charge in [0.15, 0.2) is 0 Å². The molecular formula is C17H20F2N6O2. The highest BCUT2D eigenvalue weighted by Crippen LogP contribution is 2.32. The van der Waals surface area contributed by atoms with E-state index in [-0.39, 0.29) is 37.7 Å². The molecule has 0 radical (unpaired) electrons. The summed E-state index contributed by atoms with van der Waals surface area (Å²) < 4.78 is 28.1. The van der Waals surface area contributed by atoms with E-state index in [9.17, 15) is 18.4 Å². The summed E-state index contributed by atoms with van der Waals surface area (Å²) in [7, 11) is 0. The van der Waals surface area contributed by atoms with Gasteiger partial charge in [0.2, 0.25) is 5.92 Å². The number of aryl methyl sites for hydroxylation is 1. The molecule has 27 heavy (non-hydrogen) atoms. The summed E-state index contributed by atoms with van der Waals surface area (Å²) in [6.45, 7) is 2.87. The number of nitrogens with one attached hydrogen (secondary N) is 1. The lowest BCUT2D eigenvalue weighted by atomic mass is 9.91. The molecule has 2 aromatic rings. The molecule has 3 heterocycles. The zero-order valence-electron chi connectivity index (χ0n) is 15.0. The summed E-state index contributed by atoms with van der Waals surface area (Å²) in [5.74, 6) is -4.66. The van der Waals surface area contributed by atoms with Crippen LogP contribution in [0.3, 0.4) is 0 Å². The van der Waals surface area contributed by atoms with Crippen LogP contribution >= 0.6 is 0 Å². The fraction of sp³-hybridized carbons (Fsp3) is 0.471. The maximum absolute atomic E-state index is 13.4. The molecule has 10 heteroatoms. The highest BCUT2D eigenvalue weighted by molar-refractivity contribution is 6.39. The lowest BCUT2D eigenvalue weighted by Gasteiger charge is -2.34. The summed E-state index contributed by atoms with van der Waals surface area (Å²) in [5, 5.41) is 6.72. The number of aromatic nitrogens is 4. The van der Waals surface area contributed by atoms with Gasteiger partial charge in [-0.25, -0.2) is 18.7 Å². The molecule has 144 valence electrons. The monoisotopic (exact) mass is 378 g/mol. The van der Waals surface area contributed by atoms with Gasteiger partial charge in [-0.3, -0.25) is 9.59 Å². The van der Waals surface area contributed by atoms with Crippen LogP contribution in [0.5, 0.6) is 0 Å². The van der Waals surface area contributed by atoms with Crippen LogP contribution < -0.4 is 5.32 Å². The first kappa shape index (κ1) is 18.9. The average Bonchev–Trinajstić information content (AvgIpc) is 3.01. The van der Waals surface area contributed by atoms with Crippen molar-refractivity contribution in [3.63, 3.8) is 0 Å². The Morgan fingerprint density at radius 3 is 2.44 bits per heavy atom. The Hall–Kier alpha value is -2.91. The largest absolute Gasteiger partial charge is 0.334 e. The Morgan fingerprint density at radius 1 is 1.22 bits per heavy atom. The summed E-state index contributed by atoms with van der Waals surface area (Å²) in [6, 6.07) is 3.23. The topological polar surface area (TPSA) is 93.0 Å². The van der Waals surface area contributed by atoms with Crippen LogP contribution in [0.15, 0.2) is 24.5 Å². The van der Waals surface area contributed by atoms with Crippen LogP contribution in [0.2, 0.25) is 0 Å². The molecule has 0 aliphatic carbocycles. The van der Waals surface area contributed by atoms with Gasteiger partial charge >= 0.3 is 11.8 Å². The Labute approximate surface area is 154 Å². The SMILES string of the molecule is Cc1cc(NC(=O)C(=O)N2CCC(C(C)(F)F)CC2)n(-c2ncccn2)n1. The van der Waals surface area contributed by atoms with E-state index >= 15 is 0 Å². The lowest BCUT2D eigenvalue weighted by Crippen LogP contribution is -2.46.